The minimum atomic E-state index is -0.306. The van der Waals surface area contributed by atoms with Crippen molar-refractivity contribution < 1.29 is 4.92 Å². The Morgan fingerprint density at radius 3 is 3.00 bits per heavy atom. The lowest BCUT2D eigenvalue weighted by Crippen LogP contribution is -2.49. The molecule has 5 heteroatoms. The van der Waals surface area contributed by atoms with Crippen molar-refractivity contribution >= 4 is 5.69 Å². The molecular weight excluding hydrogens is 230 g/mol. The van der Waals surface area contributed by atoms with Crippen molar-refractivity contribution in [2.45, 2.75) is 26.4 Å². The van der Waals surface area contributed by atoms with Crippen LogP contribution in [0.15, 0.2) is 18.2 Å². The Balaban J connectivity index is 2.18. The molecule has 1 aliphatic rings. The van der Waals surface area contributed by atoms with Crippen molar-refractivity contribution in [2.75, 3.05) is 19.6 Å². The second-order valence-corrected chi connectivity index (χ2v) is 4.84. The van der Waals surface area contributed by atoms with Crippen molar-refractivity contribution in [3.63, 3.8) is 0 Å². The van der Waals surface area contributed by atoms with E-state index in [1.165, 1.54) is 0 Å². The number of nitro groups is 1. The van der Waals surface area contributed by atoms with Gasteiger partial charge in [0.2, 0.25) is 0 Å². The van der Waals surface area contributed by atoms with Gasteiger partial charge in [-0.2, -0.15) is 0 Å². The molecule has 1 saturated heterocycles. The number of nitrogens with one attached hydrogen (secondary N) is 1. The van der Waals surface area contributed by atoms with Gasteiger partial charge in [0.25, 0.3) is 5.69 Å². The molecule has 1 aromatic rings. The molecule has 0 bridgehead atoms. The Labute approximate surface area is 107 Å². The lowest BCUT2D eigenvalue weighted by Gasteiger charge is -2.34. The van der Waals surface area contributed by atoms with Gasteiger partial charge in [0, 0.05) is 43.9 Å². The first-order chi connectivity index (χ1) is 8.59. The fourth-order valence-corrected chi connectivity index (χ4v) is 2.38. The van der Waals surface area contributed by atoms with E-state index in [2.05, 4.69) is 17.1 Å². The number of nitro benzene ring substituents is 1. The van der Waals surface area contributed by atoms with Gasteiger partial charge in [-0.25, -0.2) is 0 Å². The zero-order chi connectivity index (χ0) is 13.1. The molecule has 0 aromatic heterocycles. The summed E-state index contributed by atoms with van der Waals surface area (Å²) in [5, 5.41) is 14.3. The van der Waals surface area contributed by atoms with E-state index in [9.17, 15) is 10.1 Å². The van der Waals surface area contributed by atoms with Gasteiger partial charge < -0.3 is 5.32 Å². The van der Waals surface area contributed by atoms with Crippen LogP contribution in [0.1, 0.15) is 18.1 Å². The highest BCUT2D eigenvalue weighted by atomic mass is 16.6. The van der Waals surface area contributed by atoms with Crippen molar-refractivity contribution in [3.8, 4) is 0 Å². The van der Waals surface area contributed by atoms with Crippen LogP contribution in [0.2, 0.25) is 0 Å². The average Bonchev–Trinajstić information content (AvgIpc) is 2.34. The average molecular weight is 249 g/mol. The Morgan fingerprint density at radius 2 is 2.33 bits per heavy atom. The molecule has 1 N–H and O–H groups in total. The lowest BCUT2D eigenvalue weighted by molar-refractivity contribution is -0.385. The molecule has 1 atom stereocenters. The number of hydrogen-bond donors (Lipinski definition) is 1. The lowest BCUT2D eigenvalue weighted by atomic mass is 10.1. The highest BCUT2D eigenvalue weighted by Gasteiger charge is 2.20. The van der Waals surface area contributed by atoms with Crippen LogP contribution >= 0.6 is 0 Å². The second-order valence-electron chi connectivity index (χ2n) is 4.84. The van der Waals surface area contributed by atoms with Crippen LogP contribution in [0.4, 0.5) is 5.69 Å². The summed E-state index contributed by atoms with van der Waals surface area (Å²) in [5.74, 6) is 0. The summed E-state index contributed by atoms with van der Waals surface area (Å²) in [5.41, 5.74) is 2.06. The molecule has 1 fully saturated rings. The van der Waals surface area contributed by atoms with Gasteiger partial charge in [0.1, 0.15) is 0 Å². The summed E-state index contributed by atoms with van der Waals surface area (Å²) >= 11 is 0. The van der Waals surface area contributed by atoms with Crippen molar-refractivity contribution in [1.29, 1.82) is 0 Å². The molecular formula is C13H19N3O2. The third kappa shape index (κ3) is 2.68. The molecule has 18 heavy (non-hydrogen) atoms. The third-order valence-corrected chi connectivity index (χ3v) is 3.63. The SMILES string of the molecule is Cc1c(CN2CCNC[C@H]2C)cccc1[N+](=O)[O-]. The minimum Gasteiger partial charge on any atom is -0.314 e. The Bertz CT molecular complexity index is 448. The van der Waals surface area contributed by atoms with E-state index in [4.69, 9.17) is 0 Å². The zero-order valence-corrected chi connectivity index (χ0v) is 10.8. The van der Waals surface area contributed by atoms with E-state index in [1.807, 2.05) is 13.0 Å². The molecule has 0 spiro atoms. The fourth-order valence-electron chi connectivity index (χ4n) is 2.38. The molecule has 5 nitrogen and oxygen atoms in total. The topological polar surface area (TPSA) is 58.4 Å². The molecule has 0 saturated carbocycles. The van der Waals surface area contributed by atoms with Crippen LogP contribution in [0.25, 0.3) is 0 Å². The summed E-state index contributed by atoms with van der Waals surface area (Å²) in [6, 6.07) is 5.79. The molecule has 0 unspecified atom stereocenters. The van der Waals surface area contributed by atoms with Gasteiger partial charge in [-0.15, -0.1) is 0 Å². The summed E-state index contributed by atoms with van der Waals surface area (Å²) < 4.78 is 0. The highest BCUT2D eigenvalue weighted by molar-refractivity contribution is 5.44. The maximum atomic E-state index is 10.9. The van der Waals surface area contributed by atoms with Crippen LogP contribution in [0.3, 0.4) is 0 Å². The van der Waals surface area contributed by atoms with E-state index < -0.39 is 0 Å². The Morgan fingerprint density at radius 1 is 1.56 bits per heavy atom. The van der Waals surface area contributed by atoms with Gasteiger partial charge in [-0.3, -0.25) is 15.0 Å². The maximum absolute atomic E-state index is 10.9. The van der Waals surface area contributed by atoms with Gasteiger partial charge in [0.05, 0.1) is 4.92 Å². The van der Waals surface area contributed by atoms with Crippen LogP contribution in [0.5, 0.6) is 0 Å². The first-order valence-corrected chi connectivity index (χ1v) is 6.27. The van der Waals surface area contributed by atoms with Gasteiger partial charge >= 0.3 is 0 Å². The normalized spacial score (nSPS) is 20.9. The molecule has 0 aliphatic carbocycles. The highest BCUT2D eigenvalue weighted by Crippen LogP contribution is 2.23. The van der Waals surface area contributed by atoms with E-state index in [0.717, 1.165) is 37.3 Å². The van der Waals surface area contributed by atoms with E-state index in [0.29, 0.717) is 6.04 Å². The largest absolute Gasteiger partial charge is 0.314 e. The first kappa shape index (κ1) is 13.0. The fraction of sp³-hybridized carbons (Fsp3) is 0.538. The van der Waals surface area contributed by atoms with E-state index in [1.54, 1.807) is 12.1 Å². The summed E-state index contributed by atoms with van der Waals surface area (Å²) in [4.78, 5) is 13.0. The summed E-state index contributed by atoms with van der Waals surface area (Å²) in [7, 11) is 0. The van der Waals surface area contributed by atoms with Gasteiger partial charge in [-0.1, -0.05) is 12.1 Å². The van der Waals surface area contributed by atoms with E-state index >= 15 is 0 Å². The number of benzene rings is 1. The molecule has 0 radical (unpaired) electrons. The number of hydrogen-bond acceptors (Lipinski definition) is 4. The molecule has 0 amide bonds. The van der Waals surface area contributed by atoms with Gasteiger partial charge in [-0.05, 0) is 19.4 Å². The van der Waals surface area contributed by atoms with Crippen LogP contribution < -0.4 is 5.32 Å². The van der Waals surface area contributed by atoms with Crippen molar-refractivity contribution in [3.05, 3.63) is 39.4 Å². The van der Waals surface area contributed by atoms with E-state index in [-0.39, 0.29) is 10.6 Å². The minimum absolute atomic E-state index is 0.218. The monoisotopic (exact) mass is 249 g/mol. The second kappa shape index (κ2) is 5.46. The molecule has 1 aromatic carbocycles. The first-order valence-electron chi connectivity index (χ1n) is 6.27. The number of nitrogens with zero attached hydrogens (tertiary/aromatic N) is 2. The third-order valence-electron chi connectivity index (χ3n) is 3.63. The molecule has 2 rings (SSSR count). The van der Waals surface area contributed by atoms with Crippen LogP contribution in [-0.4, -0.2) is 35.5 Å². The Hall–Kier alpha value is -1.46. The quantitative estimate of drug-likeness (QED) is 0.654. The summed E-state index contributed by atoms with van der Waals surface area (Å²) in [6.45, 7) is 7.76. The smallest absolute Gasteiger partial charge is 0.272 e. The predicted octanol–water partition coefficient (Wildman–Crippen LogP) is 1.70. The van der Waals surface area contributed by atoms with Gasteiger partial charge in [0.15, 0.2) is 0 Å². The van der Waals surface area contributed by atoms with Crippen LogP contribution in [0, 0.1) is 17.0 Å². The zero-order valence-electron chi connectivity index (χ0n) is 10.8. The molecule has 1 heterocycles. The van der Waals surface area contributed by atoms with Crippen molar-refractivity contribution in [2.24, 2.45) is 0 Å². The maximum Gasteiger partial charge on any atom is 0.272 e. The molecule has 1 aliphatic heterocycles. The number of piperazine rings is 1. The van der Waals surface area contributed by atoms with Crippen LogP contribution in [-0.2, 0) is 6.54 Å². The standard InChI is InChI=1S/C13H19N3O2/c1-10-8-14-6-7-15(10)9-12-4-3-5-13(11(12)2)16(17)18/h3-5,10,14H,6-9H2,1-2H3/t10-/m1/s1. The Kier molecular flexibility index (Phi) is 3.93. The predicted molar refractivity (Wildman–Crippen MR) is 70.6 cm³/mol. The van der Waals surface area contributed by atoms with Crippen molar-refractivity contribution in [1.82, 2.24) is 10.2 Å². The number of rotatable bonds is 3. The summed E-state index contributed by atoms with van der Waals surface area (Å²) in [6.07, 6.45) is 0. The molecule has 98 valence electrons.